The Morgan fingerprint density at radius 2 is 2.27 bits per heavy atom. The maximum absolute atomic E-state index is 6.15. The van der Waals surface area contributed by atoms with Gasteiger partial charge in [0.15, 0.2) is 0 Å². The van der Waals surface area contributed by atoms with Gasteiger partial charge >= 0.3 is 0 Å². The summed E-state index contributed by atoms with van der Waals surface area (Å²) in [4.78, 5) is 4.60. The van der Waals surface area contributed by atoms with Crippen molar-refractivity contribution < 1.29 is 0 Å². The first-order valence-corrected chi connectivity index (χ1v) is 6.73. The van der Waals surface area contributed by atoms with Crippen LogP contribution in [0.1, 0.15) is 25.3 Å². The first-order valence-electron chi connectivity index (χ1n) is 4.91. The van der Waals surface area contributed by atoms with Crippen LogP contribution in [0.4, 0.5) is 0 Å². The molecule has 0 spiro atoms. The average Bonchev–Trinajstić information content (AvgIpc) is 2.88. The third kappa shape index (κ3) is 2.12. The molecular weight excluding hydrogens is 224 g/mol. The quantitative estimate of drug-likeness (QED) is 0.889. The van der Waals surface area contributed by atoms with Gasteiger partial charge in [-0.25, -0.2) is 4.98 Å². The second kappa shape index (κ2) is 4.04. The molecule has 0 aliphatic carbocycles. The van der Waals surface area contributed by atoms with E-state index >= 15 is 0 Å². The number of thiazole rings is 1. The lowest BCUT2D eigenvalue weighted by atomic mass is 10.0. The van der Waals surface area contributed by atoms with Crippen molar-refractivity contribution in [3.63, 3.8) is 0 Å². The van der Waals surface area contributed by atoms with Crippen molar-refractivity contribution in [2.75, 3.05) is 0 Å². The number of thiophene rings is 1. The van der Waals surface area contributed by atoms with Crippen LogP contribution in [0.25, 0.3) is 11.3 Å². The third-order valence-corrected chi connectivity index (χ3v) is 4.35. The molecule has 2 aromatic heterocycles. The smallest absolute Gasteiger partial charge is 0.113 e. The summed E-state index contributed by atoms with van der Waals surface area (Å²) in [7, 11) is 0. The van der Waals surface area contributed by atoms with Crippen LogP contribution in [-0.2, 0) is 5.54 Å². The van der Waals surface area contributed by atoms with E-state index in [1.807, 2.05) is 6.92 Å². The Balaban J connectivity index is 2.33. The fourth-order valence-corrected chi connectivity index (χ4v) is 2.86. The molecule has 0 saturated carbocycles. The zero-order valence-electron chi connectivity index (χ0n) is 8.86. The Kier molecular flexibility index (Phi) is 2.91. The molecule has 2 heterocycles. The molecule has 4 heteroatoms. The number of hydrogen-bond donors (Lipinski definition) is 1. The number of aromatic nitrogens is 1. The summed E-state index contributed by atoms with van der Waals surface area (Å²) in [6.45, 7) is 4.12. The fourth-order valence-electron chi connectivity index (χ4n) is 1.23. The molecule has 0 saturated heterocycles. The Hall–Kier alpha value is -0.710. The highest BCUT2D eigenvalue weighted by Crippen LogP contribution is 2.29. The topological polar surface area (TPSA) is 38.9 Å². The summed E-state index contributed by atoms with van der Waals surface area (Å²) in [5.41, 5.74) is 8.09. The van der Waals surface area contributed by atoms with Gasteiger partial charge in [-0.3, -0.25) is 0 Å². The van der Waals surface area contributed by atoms with Gasteiger partial charge in [0.2, 0.25) is 0 Å². The summed E-state index contributed by atoms with van der Waals surface area (Å²) >= 11 is 3.34. The van der Waals surface area contributed by atoms with Gasteiger partial charge in [0, 0.05) is 16.3 Å². The van der Waals surface area contributed by atoms with Crippen molar-refractivity contribution in [2.45, 2.75) is 25.8 Å². The van der Waals surface area contributed by atoms with Crippen LogP contribution in [-0.4, -0.2) is 4.98 Å². The molecule has 2 nitrogen and oxygen atoms in total. The molecule has 0 amide bonds. The second-order valence-corrected chi connectivity index (χ2v) is 5.46. The number of nitrogens with zero attached hydrogens (tertiary/aromatic N) is 1. The van der Waals surface area contributed by atoms with E-state index in [0.29, 0.717) is 0 Å². The predicted molar refractivity (Wildman–Crippen MR) is 67.3 cm³/mol. The number of nitrogens with two attached hydrogens (primary N) is 1. The zero-order valence-corrected chi connectivity index (χ0v) is 10.5. The standard InChI is InChI=1S/C11H14N2S2/c1-3-11(2,12)10-13-9(7-15-10)8-4-5-14-6-8/h4-7H,3,12H2,1-2H3. The van der Waals surface area contributed by atoms with E-state index in [2.05, 4.69) is 34.1 Å². The molecule has 0 bridgehead atoms. The monoisotopic (exact) mass is 238 g/mol. The molecule has 2 aromatic rings. The molecule has 15 heavy (non-hydrogen) atoms. The summed E-state index contributed by atoms with van der Waals surface area (Å²) < 4.78 is 0. The molecule has 0 aliphatic heterocycles. The molecule has 80 valence electrons. The van der Waals surface area contributed by atoms with Crippen molar-refractivity contribution in [3.8, 4) is 11.3 Å². The van der Waals surface area contributed by atoms with Gasteiger partial charge in [-0.1, -0.05) is 6.92 Å². The van der Waals surface area contributed by atoms with E-state index in [4.69, 9.17) is 5.73 Å². The highest BCUT2D eigenvalue weighted by atomic mass is 32.1. The van der Waals surface area contributed by atoms with Gasteiger partial charge in [-0.2, -0.15) is 11.3 Å². The van der Waals surface area contributed by atoms with E-state index in [1.54, 1.807) is 22.7 Å². The van der Waals surface area contributed by atoms with Crippen molar-refractivity contribution in [1.29, 1.82) is 0 Å². The van der Waals surface area contributed by atoms with Crippen LogP contribution < -0.4 is 5.73 Å². The summed E-state index contributed by atoms with van der Waals surface area (Å²) in [5.74, 6) is 0. The highest BCUT2D eigenvalue weighted by molar-refractivity contribution is 7.10. The summed E-state index contributed by atoms with van der Waals surface area (Å²) in [5, 5.41) is 7.28. The molecule has 0 fully saturated rings. The van der Waals surface area contributed by atoms with Gasteiger partial charge in [0.1, 0.15) is 5.01 Å². The van der Waals surface area contributed by atoms with Crippen molar-refractivity contribution in [2.24, 2.45) is 5.73 Å². The van der Waals surface area contributed by atoms with Gasteiger partial charge < -0.3 is 5.73 Å². The second-order valence-electron chi connectivity index (χ2n) is 3.82. The molecule has 0 radical (unpaired) electrons. The van der Waals surface area contributed by atoms with Crippen molar-refractivity contribution >= 4 is 22.7 Å². The SMILES string of the molecule is CCC(C)(N)c1nc(-c2ccsc2)cs1. The van der Waals surface area contributed by atoms with Crippen molar-refractivity contribution in [3.05, 3.63) is 27.2 Å². The number of hydrogen-bond acceptors (Lipinski definition) is 4. The van der Waals surface area contributed by atoms with Crippen LogP contribution in [0.15, 0.2) is 22.2 Å². The third-order valence-electron chi connectivity index (χ3n) is 2.54. The molecule has 2 rings (SSSR count). The molecule has 2 N–H and O–H groups in total. The summed E-state index contributed by atoms with van der Waals surface area (Å²) in [6, 6.07) is 2.09. The van der Waals surface area contributed by atoms with Gasteiger partial charge in [0.25, 0.3) is 0 Å². The van der Waals surface area contributed by atoms with E-state index in [-0.39, 0.29) is 5.54 Å². The Morgan fingerprint density at radius 1 is 1.47 bits per heavy atom. The average molecular weight is 238 g/mol. The largest absolute Gasteiger partial charge is 0.320 e. The zero-order chi connectivity index (χ0) is 10.9. The Labute approximate surface area is 97.8 Å². The maximum Gasteiger partial charge on any atom is 0.113 e. The van der Waals surface area contributed by atoms with E-state index in [0.717, 1.165) is 17.1 Å². The fraction of sp³-hybridized carbons (Fsp3) is 0.364. The van der Waals surface area contributed by atoms with Crippen LogP contribution >= 0.6 is 22.7 Å². The van der Waals surface area contributed by atoms with Crippen LogP contribution in [0.2, 0.25) is 0 Å². The first-order chi connectivity index (χ1) is 7.13. The minimum absolute atomic E-state index is 0.293. The lowest BCUT2D eigenvalue weighted by Crippen LogP contribution is -2.31. The van der Waals surface area contributed by atoms with Crippen LogP contribution in [0.5, 0.6) is 0 Å². The minimum Gasteiger partial charge on any atom is -0.320 e. The van der Waals surface area contributed by atoms with Gasteiger partial charge in [-0.15, -0.1) is 11.3 Å². The first kappa shape index (κ1) is 10.8. The minimum atomic E-state index is -0.293. The molecule has 1 atom stereocenters. The van der Waals surface area contributed by atoms with Crippen LogP contribution in [0.3, 0.4) is 0 Å². The summed E-state index contributed by atoms with van der Waals surface area (Å²) in [6.07, 6.45) is 0.906. The Bertz CT molecular complexity index is 429. The predicted octanol–water partition coefficient (Wildman–Crippen LogP) is 3.46. The van der Waals surface area contributed by atoms with Crippen LogP contribution in [0, 0.1) is 0 Å². The lowest BCUT2D eigenvalue weighted by Gasteiger charge is -2.18. The highest BCUT2D eigenvalue weighted by Gasteiger charge is 2.22. The van der Waals surface area contributed by atoms with E-state index < -0.39 is 0 Å². The van der Waals surface area contributed by atoms with Crippen molar-refractivity contribution in [1.82, 2.24) is 4.98 Å². The van der Waals surface area contributed by atoms with E-state index in [9.17, 15) is 0 Å². The number of rotatable bonds is 3. The normalized spacial score (nSPS) is 15.1. The van der Waals surface area contributed by atoms with Gasteiger partial charge in [-0.05, 0) is 24.8 Å². The molecule has 0 aliphatic rings. The molecule has 0 aromatic carbocycles. The lowest BCUT2D eigenvalue weighted by molar-refractivity contribution is 0.474. The Morgan fingerprint density at radius 3 is 2.87 bits per heavy atom. The van der Waals surface area contributed by atoms with E-state index in [1.165, 1.54) is 5.56 Å². The molecular formula is C11H14N2S2. The molecule has 1 unspecified atom stereocenters. The maximum atomic E-state index is 6.15. The van der Waals surface area contributed by atoms with Gasteiger partial charge in [0.05, 0.1) is 11.2 Å².